The number of methoxy groups -OCH3 is 2. The minimum Gasteiger partial charge on any atom is -0.468 e. The van der Waals surface area contributed by atoms with Crippen molar-refractivity contribution in [1.29, 1.82) is 0 Å². The maximum Gasteiger partial charge on any atom is 0.537 e. The molecule has 1 saturated heterocycles. The van der Waals surface area contributed by atoms with Gasteiger partial charge in [-0.25, -0.2) is 4.79 Å². The summed E-state index contributed by atoms with van der Waals surface area (Å²) < 4.78 is 158. The largest absolute Gasteiger partial charge is 0.537 e. The highest BCUT2D eigenvalue weighted by Crippen LogP contribution is 2.28. The van der Waals surface area contributed by atoms with Gasteiger partial charge in [0, 0.05) is 182 Å². The molecule has 1 fully saturated rings. The zero-order valence-electron chi connectivity index (χ0n) is 83.0. The smallest absolute Gasteiger partial charge is 0.468 e. The number of benzene rings is 6. The van der Waals surface area contributed by atoms with Crippen molar-refractivity contribution in [3.05, 3.63) is 186 Å². The lowest BCUT2D eigenvalue weighted by Crippen LogP contribution is -2.56. The van der Waals surface area contributed by atoms with Crippen molar-refractivity contribution in [2.45, 2.75) is 214 Å². The van der Waals surface area contributed by atoms with Gasteiger partial charge in [0.15, 0.2) is 19.9 Å². The van der Waals surface area contributed by atoms with Crippen LogP contribution in [0.15, 0.2) is 158 Å². The van der Waals surface area contributed by atoms with Gasteiger partial charge in [-0.15, -0.1) is 0 Å². The third kappa shape index (κ3) is 49.2. The standard InChI is InChI=1S/C18H30O6Si.C18H30O5Si.C15H26O5Si.C15H24O5Si.C15H24O4Si.C14H24O5Si/c1-7-20-25(21-8-2,22-9-3)14-15-10-12-16(13-11-15)23-17(19)24-18(4,5)6;1-4-20-24(21-5-2,22-6-3)15-16-10-12-17(13-11-16)23-18-9-7-8-14-19-18;1-5-18-21(19-6-2,20-7-3)12-14-8-10-15(11-9-14)17-13-16-4;1-5-17-21(18-6-2,19-7-3)12-14-8-10-15(11-9-14)20-13(4)16;1-5-16-15-11-9-14(10-12-15)13-20(17-6-2,18-7-3)19-8-4;1-5-17-20(18-6-2,19-7-3)14-10-8-13(9-11-14)16-12-15-4/h10-13H,7-9,14H2,1-6H3;10-13,18H,4-9,14-15H2,1-3H3;8-11H,5-7,12-13H2,1-4H3;8-11H,5-7,12H2,1-4H3;5,9-12H,1,6-8,13H2,2-4H3;8-11H,5-7,12H2,1-4H3. The second-order valence-corrected chi connectivity index (χ2v) is 44.3. The molecule has 0 bridgehead atoms. The summed E-state index contributed by atoms with van der Waals surface area (Å²) in [7, 11) is -13.0. The highest BCUT2D eigenvalue weighted by atomic mass is 28.4. The molecule has 0 aromatic heterocycles. The van der Waals surface area contributed by atoms with Crippen LogP contribution in [0.3, 0.4) is 0 Å². The summed E-state index contributed by atoms with van der Waals surface area (Å²) in [6.45, 7) is 56.8. The van der Waals surface area contributed by atoms with E-state index in [2.05, 4.69) is 18.7 Å². The number of esters is 1. The van der Waals surface area contributed by atoms with Crippen LogP contribution in [0.25, 0.3) is 0 Å². The Labute approximate surface area is 790 Å². The molecule has 30 nitrogen and oxygen atoms in total. The van der Waals surface area contributed by atoms with Gasteiger partial charge < -0.3 is 127 Å². The van der Waals surface area contributed by atoms with Gasteiger partial charge >= 0.3 is 65.0 Å². The Hall–Kier alpha value is -6.54. The first kappa shape index (κ1) is 121. The maximum atomic E-state index is 11.7. The van der Waals surface area contributed by atoms with E-state index in [0.717, 1.165) is 81.9 Å². The Bertz CT molecular complexity index is 3730. The number of carbonyl (C=O) groups is 2. The van der Waals surface area contributed by atoms with E-state index in [4.69, 9.17) is 127 Å². The second kappa shape index (κ2) is 70.2. The van der Waals surface area contributed by atoms with Crippen molar-refractivity contribution in [2.75, 3.05) is 153 Å². The van der Waals surface area contributed by atoms with Gasteiger partial charge in [-0.3, -0.25) is 4.79 Å². The Morgan fingerprint density at radius 3 is 0.832 bits per heavy atom. The molecule has 1 unspecified atom stereocenters. The molecule has 36 heteroatoms. The predicted molar refractivity (Wildman–Crippen MR) is 519 cm³/mol. The lowest BCUT2D eigenvalue weighted by Gasteiger charge is -2.28. The Kier molecular flexibility index (Phi) is 64.5. The van der Waals surface area contributed by atoms with Crippen LogP contribution >= 0.6 is 0 Å². The van der Waals surface area contributed by atoms with E-state index in [1.165, 1.54) is 13.2 Å². The van der Waals surface area contributed by atoms with Crippen LogP contribution < -0.4 is 33.6 Å². The van der Waals surface area contributed by atoms with E-state index in [1.807, 2.05) is 234 Å². The molecular formula is C95H158O30Si6. The fourth-order valence-electron chi connectivity index (χ4n) is 12.9. The molecule has 0 saturated carbocycles. The molecule has 0 N–H and O–H groups in total. The number of hydrogen-bond donors (Lipinski definition) is 0. The third-order valence-electron chi connectivity index (χ3n) is 17.6. The summed E-state index contributed by atoms with van der Waals surface area (Å²) >= 11 is 0. The van der Waals surface area contributed by atoms with Gasteiger partial charge in [-0.2, -0.15) is 0 Å². The van der Waals surface area contributed by atoms with Gasteiger partial charge in [0.05, 0.1) is 12.9 Å². The molecule has 1 aliphatic heterocycles. The highest BCUT2D eigenvalue weighted by molar-refractivity contribution is 6.75. The molecule has 6 aromatic carbocycles. The monoisotopic (exact) mass is 1950 g/mol. The average Bonchev–Trinajstić information content (AvgIpc) is 0.809. The van der Waals surface area contributed by atoms with E-state index in [0.29, 0.717) is 161 Å². The number of rotatable bonds is 59. The van der Waals surface area contributed by atoms with E-state index < -0.39 is 64.6 Å². The summed E-state index contributed by atoms with van der Waals surface area (Å²) in [5, 5.41) is 0.938. The maximum absolute atomic E-state index is 11.7. The van der Waals surface area contributed by atoms with E-state index in [-0.39, 0.29) is 25.8 Å². The molecule has 131 heavy (non-hydrogen) atoms. The molecule has 1 heterocycles. The fraction of sp³-hybridized carbons (Fsp3) is 0.579. The topological polar surface area (TPSA) is 293 Å². The molecule has 1 aliphatic rings. The minimum atomic E-state index is -2.81. The van der Waals surface area contributed by atoms with Crippen LogP contribution in [-0.4, -0.2) is 230 Å². The lowest BCUT2D eigenvalue weighted by atomic mass is 10.2. The Balaban J connectivity index is 0.000000533. The van der Waals surface area contributed by atoms with Crippen LogP contribution in [0.2, 0.25) is 0 Å². The molecule has 1 atom stereocenters. The van der Waals surface area contributed by atoms with Crippen molar-refractivity contribution in [1.82, 2.24) is 0 Å². The SMILES string of the molecule is C=COc1ccc(C[Si](OCC)(OCC)OCC)cc1.CCO[Si](Cc1ccc(OC(=O)OC(C)(C)C)cc1)(OCC)OCC.CCO[Si](Cc1ccc(OC(C)=O)cc1)(OCC)OCC.CCO[Si](Cc1ccc(OC2CCCCO2)cc1)(OCC)OCC.CCO[Si](Cc1ccc(OCOC)cc1)(OCC)OCC.CCO[Si](OCC)(OCC)c1ccc(OCOC)cc1. The van der Waals surface area contributed by atoms with Crippen LogP contribution in [-0.2, 0) is 134 Å². The van der Waals surface area contributed by atoms with Crippen molar-refractivity contribution in [3.63, 3.8) is 0 Å². The summed E-state index contributed by atoms with van der Waals surface area (Å²) in [5.41, 5.74) is 4.81. The Morgan fingerprint density at radius 2 is 0.595 bits per heavy atom. The molecule has 7 rings (SSSR count). The fourth-order valence-corrected chi connectivity index (χ4v) is 28.4. The van der Waals surface area contributed by atoms with Crippen LogP contribution in [0, 0.1) is 0 Å². The number of ether oxygens (including phenoxy) is 10. The van der Waals surface area contributed by atoms with Crippen molar-refractivity contribution < 1.29 is 137 Å². The molecule has 0 radical (unpaired) electrons. The highest BCUT2D eigenvalue weighted by Gasteiger charge is 2.46. The van der Waals surface area contributed by atoms with Crippen molar-refractivity contribution in [3.8, 4) is 34.5 Å². The average molecular weight is 1950 g/mol. The predicted octanol–water partition coefficient (Wildman–Crippen LogP) is 18.7. The first-order chi connectivity index (χ1) is 63.1. The zero-order chi connectivity index (χ0) is 97.1. The third-order valence-corrected chi connectivity index (χ3v) is 35.7. The molecule has 742 valence electrons. The van der Waals surface area contributed by atoms with Gasteiger partial charge in [0.1, 0.15) is 40.1 Å². The normalized spacial score (nSPS) is 12.9. The van der Waals surface area contributed by atoms with E-state index >= 15 is 0 Å². The van der Waals surface area contributed by atoms with Gasteiger partial charge in [0.25, 0.3) is 0 Å². The molecule has 0 amide bonds. The van der Waals surface area contributed by atoms with Crippen molar-refractivity contribution in [2.24, 2.45) is 0 Å². The molecule has 0 spiro atoms. The summed E-state index contributed by atoms with van der Waals surface area (Å²) in [5.74, 6) is 3.74. The molecule has 0 aliphatic carbocycles. The van der Waals surface area contributed by atoms with Crippen molar-refractivity contribution >= 4 is 70.1 Å². The van der Waals surface area contributed by atoms with Gasteiger partial charge in [-0.1, -0.05) is 79.4 Å². The number of carbonyl (C=O) groups excluding carboxylic acids is 2. The number of hydrogen-bond acceptors (Lipinski definition) is 30. The Morgan fingerprint density at radius 1 is 0.344 bits per heavy atom. The first-order valence-electron chi connectivity index (χ1n) is 46.0. The summed E-state index contributed by atoms with van der Waals surface area (Å²) in [6, 6.07) is 49.0. The summed E-state index contributed by atoms with van der Waals surface area (Å²) in [4.78, 5) is 22.6. The summed E-state index contributed by atoms with van der Waals surface area (Å²) in [6.07, 6.45) is 3.81. The van der Waals surface area contributed by atoms with Crippen LogP contribution in [0.1, 0.15) is 199 Å². The molecular weight excluding hydrogens is 1790 g/mol. The van der Waals surface area contributed by atoms with Crippen LogP contribution in [0.4, 0.5) is 4.79 Å². The van der Waals surface area contributed by atoms with Gasteiger partial charge in [0.2, 0.25) is 0 Å². The lowest BCUT2D eigenvalue weighted by molar-refractivity contribution is -0.131. The van der Waals surface area contributed by atoms with Gasteiger partial charge in [-0.05, 0) is 259 Å². The van der Waals surface area contributed by atoms with E-state index in [9.17, 15) is 9.59 Å². The second-order valence-electron chi connectivity index (χ2n) is 28.9. The zero-order valence-corrected chi connectivity index (χ0v) is 89.0. The first-order valence-corrected chi connectivity index (χ1v) is 57.4. The molecule has 6 aromatic rings. The van der Waals surface area contributed by atoms with Crippen LogP contribution in [0.5, 0.6) is 34.5 Å². The quantitative estimate of drug-likeness (QED) is 0.00855. The van der Waals surface area contributed by atoms with E-state index in [1.54, 1.807) is 59.3 Å². The minimum absolute atomic E-state index is 0.117.